The number of carbonyl (C=O) groups is 2. The number of nitrogens with one attached hydrogen (secondary N) is 1. The number of ether oxygens (including phenoxy) is 2. The van der Waals surface area contributed by atoms with E-state index in [1.807, 2.05) is 0 Å². The van der Waals surface area contributed by atoms with Crippen LogP contribution >= 0.6 is 0 Å². The van der Waals surface area contributed by atoms with Crippen molar-refractivity contribution in [1.29, 1.82) is 0 Å². The summed E-state index contributed by atoms with van der Waals surface area (Å²) in [4.78, 5) is 32.2. The van der Waals surface area contributed by atoms with Crippen LogP contribution < -0.4 is 10.1 Å². The number of aromatic nitrogens is 5. The highest BCUT2D eigenvalue weighted by Crippen LogP contribution is 2.19. The fourth-order valence-electron chi connectivity index (χ4n) is 2.07. The zero-order valence-corrected chi connectivity index (χ0v) is 13.9. The SMILES string of the molecule is COC(=O)c1nc(OC)ccc1NC(=O)c1ccc(-n2ccnc2)nn1. The van der Waals surface area contributed by atoms with E-state index in [0.717, 1.165) is 0 Å². The first kappa shape index (κ1) is 17.0. The average molecular weight is 354 g/mol. The van der Waals surface area contributed by atoms with E-state index >= 15 is 0 Å². The number of imidazole rings is 1. The van der Waals surface area contributed by atoms with E-state index in [9.17, 15) is 9.59 Å². The van der Waals surface area contributed by atoms with Crippen LogP contribution in [0.2, 0.25) is 0 Å². The maximum absolute atomic E-state index is 12.4. The molecule has 0 saturated carbocycles. The maximum Gasteiger partial charge on any atom is 0.358 e. The number of carbonyl (C=O) groups excluding carboxylic acids is 2. The molecule has 3 heterocycles. The topological polar surface area (TPSA) is 121 Å². The molecule has 0 aliphatic heterocycles. The van der Waals surface area contributed by atoms with E-state index in [1.165, 1.54) is 32.4 Å². The molecule has 0 fully saturated rings. The number of anilines is 1. The van der Waals surface area contributed by atoms with Gasteiger partial charge in [0.25, 0.3) is 5.91 Å². The number of rotatable bonds is 5. The molecule has 3 rings (SSSR count). The van der Waals surface area contributed by atoms with Crippen molar-refractivity contribution in [1.82, 2.24) is 24.7 Å². The molecule has 3 aromatic heterocycles. The summed E-state index contributed by atoms with van der Waals surface area (Å²) < 4.78 is 11.3. The van der Waals surface area contributed by atoms with Crippen LogP contribution in [0.15, 0.2) is 43.0 Å². The molecule has 0 saturated heterocycles. The molecule has 3 aromatic rings. The Labute approximate surface area is 147 Å². The van der Waals surface area contributed by atoms with E-state index in [2.05, 4.69) is 30.2 Å². The summed E-state index contributed by atoms with van der Waals surface area (Å²) in [6, 6.07) is 6.13. The Kier molecular flexibility index (Phi) is 4.83. The predicted octanol–water partition coefficient (Wildman–Crippen LogP) is 1.10. The summed E-state index contributed by atoms with van der Waals surface area (Å²) >= 11 is 0. The van der Waals surface area contributed by atoms with Crippen LogP contribution in [-0.4, -0.2) is 50.8 Å². The molecule has 1 N–H and O–H groups in total. The Morgan fingerprint density at radius 3 is 2.58 bits per heavy atom. The van der Waals surface area contributed by atoms with Crippen LogP contribution in [0.3, 0.4) is 0 Å². The van der Waals surface area contributed by atoms with Gasteiger partial charge in [0, 0.05) is 18.5 Å². The summed E-state index contributed by atoms with van der Waals surface area (Å²) in [5, 5.41) is 10.4. The van der Waals surface area contributed by atoms with Crippen LogP contribution in [0, 0.1) is 0 Å². The smallest absolute Gasteiger partial charge is 0.358 e. The number of pyridine rings is 1. The predicted molar refractivity (Wildman–Crippen MR) is 89.2 cm³/mol. The summed E-state index contributed by atoms with van der Waals surface area (Å²) in [5.74, 6) is -0.527. The van der Waals surface area contributed by atoms with E-state index in [1.54, 1.807) is 29.4 Å². The highest BCUT2D eigenvalue weighted by molar-refractivity contribution is 6.06. The van der Waals surface area contributed by atoms with Gasteiger partial charge in [0.2, 0.25) is 5.88 Å². The molecule has 0 bridgehead atoms. The van der Waals surface area contributed by atoms with Crippen molar-refractivity contribution in [2.75, 3.05) is 19.5 Å². The van der Waals surface area contributed by atoms with Gasteiger partial charge in [-0.15, -0.1) is 10.2 Å². The van der Waals surface area contributed by atoms with Crippen molar-refractivity contribution in [3.63, 3.8) is 0 Å². The molecule has 26 heavy (non-hydrogen) atoms. The van der Waals surface area contributed by atoms with Gasteiger partial charge in [-0.05, 0) is 18.2 Å². The molecule has 0 atom stereocenters. The quantitative estimate of drug-likeness (QED) is 0.676. The van der Waals surface area contributed by atoms with Crippen LogP contribution in [0.4, 0.5) is 5.69 Å². The largest absolute Gasteiger partial charge is 0.481 e. The molecule has 0 unspecified atom stereocenters. The van der Waals surface area contributed by atoms with Gasteiger partial charge in [-0.25, -0.2) is 14.8 Å². The minimum Gasteiger partial charge on any atom is -0.481 e. The lowest BCUT2D eigenvalue weighted by atomic mass is 10.2. The third-order valence-corrected chi connectivity index (χ3v) is 3.36. The van der Waals surface area contributed by atoms with Crippen LogP contribution in [0.1, 0.15) is 21.0 Å². The standard InChI is InChI=1S/C16H14N6O4/c1-25-13-6-4-10(14(19-13)16(24)26-2)18-15(23)11-3-5-12(21-20-11)22-8-7-17-9-22/h3-9H,1-2H3,(H,18,23). The number of nitrogens with zero attached hydrogens (tertiary/aromatic N) is 5. The maximum atomic E-state index is 12.4. The van der Waals surface area contributed by atoms with Gasteiger partial charge in [-0.1, -0.05) is 0 Å². The van der Waals surface area contributed by atoms with Crippen molar-refractivity contribution in [2.45, 2.75) is 0 Å². The highest BCUT2D eigenvalue weighted by Gasteiger charge is 2.18. The second-order valence-corrected chi connectivity index (χ2v) is 4.94. The van der Waals surface area contributed by atoms with E-state index in [-0.39, 0.29) is 23.0 Å². The Hall–Kier alpha value is -3.82. The first-order valence-corrected chi connectivity index (χ1v) is 7.39. The summed E-state index contributed by atoms with van der Waals surface area (Å²) in [7, 11) is 2.63. The van der Waals surface area contributed by atoms with Crippen LogP contribution in [0.5, 0.6) is 5.88 Å². The Morgan fingerprint density at radius 2 is 1.96 bits per heavy atom. The van der Waals surface area contributed by atoms with Crippen molar-refractivity contribution >= 4 is 17.6 Å². The van der Waals surface area contributed by atoms with Gasteiger partial charge in [-0.3, -0.25) is 9.36 Å². The molecule has 0 aromatic carbocycles. The van der Waals surface area contributed by atoms with Gasteiger partial charge < -0.3 is 14.8 Å². The lowest BCUT2D eigenvalue weighted by Crippen LogP contribution is -2.18. The van der Waals surface area contributed by atoms with Crippen molar-refractivity contribution in [3.05, 3.63) is 54.4 Å². The van der Waals surface area contributed by atoms with E-state index in [4.69, 9.17) is 4.74 Å². The monoisotopic (exact) mass is 354 g/mol. The third kappa shape index (κ3) is 3.48. The normalized spacial score (nSPS) is 10.2. The van der Waals surface area contributed by atoms with E-state index in [0.29, 0.717) is 5.82 Å². The lowest BCUT2D eigenvalue weighted by Gasteiger charge is -2.10. The third-order valence-electron chi connectivity index (χ3n) is 3.36. The first-order valence-electron chi connectivity index (χ1n) is 7.39. The second kappa shape index (κ2) is 7.38. The molecule has 0 spiro atoms. The molecular weight excluding hydrogens is 340 g/mol. The first-order chi connectivity index (χ1) is 12.6. The fraction of sp³-hybridized carbons (Fsp3) is 0.125. The van der Waals surface area contributed by atoms with Crippen LogP contribution in [-0.2, 0) is 4.74 Å². The van der Waals surface area contributed by atoms with Gasteiger partial charge in [-0.2, -0.15) is 0 Å². The number of methoxy groups -OCH3 is 2. The zero-order valence-electron chi connectivity index (χ0n) is 13.9. The molecule has 0 radical (unpaired) electrons. The number of hydrogen-bond acceptors (Lipinski definition) is 8. The van der Waals surface area contributed by atoms with Gasteiger partial charge in [0.15, 0.2) is 17.2 Å². The Morgan fingerprint density at radius 1 is 1.12 bits per heavy atom. The zero-order chi connectivity index (χ0) is 18.5. The molecule has 0 aliphatic rings. The minimum absolute atomic E-state index is 0.0699. The highest BCUT2D eigenvalue weighted by atomic mass is 16.5. The number of amides is 1. The number of esters is 1. The fourth-order valence-corrected chi connectivity index (χ4v) is 2.07. The van der Waals surface area contributed by atoms with Crippen LogP contribution in [0.25, 0.3) is 5.82 Å². The minimum atomic E-state index is -0.708. The molecule has 1 amide bonds. The van der Waals surface area contributed by atoms with Gasteiger partial charge >= 0.3 is 5.97 Å². The average Bonchev–Trinajstić information content (AvgIpc) is 3.22. The Bertz CT molecular complexity index is 924. The lowest BCUT2D eigenvalue weighted by molar-refractivity contribution is 0.0594. The molecule has 0 aliphatic carbocycles. The molecule has 132 valence electrons. The molecular formula is C16H14N6O4. The molecule has 10 heteroatoms. The Balaban J connectivity index is 1.82. The van der Waals surface area contributed by atoms with Crippen molar-refractivity contribution < 1.29 is 19.1 Å². The summed E-state index contributed by atoms with van der Waals surface area (Å²) in [6.07, 6.45) is 4.87. The number of hydrogen-bond donors (Lipinski definition) is 1. The van der Waals surface area contributed by atoms with Gasteiger partial charge in [0.1, 0.15) is 6.33 Å². The van der Waals surface area contributed by atoms with Crippen molar-refractivity contribution in [2.24, 2.45) is 0 Å². The summed E-state index contributed by atoms with van der Waals surface area (Å²) in [5.41, 5.74) is 0.159. The van der Waals surface area contributed by atoms with Gasteiger partial charge in [0.05, 0.1) is 19.9 Å². The van der Waals surface area contributed by atoms with Crippen molar-refractivity contribution in [3.8, 4) is 11.7 Å². The van der Waals surface area contributed by atoms with E-state index < -0.39 is 11.9 Å². The molecule has 10 nitrogen and oxygen atoms in total. The second-order valence-electron chi connectivity index (χ2n) is 4.94. The summed E-state index contributed by atoms with van der Waals surface area (Å²) in [6.45, 7) is 0.